The molecule has 1 heterocycles. The van der Waals surface area contributed by atoms with Gasteiger partial charge in [0, 0.05) is 6.54 Å². The second-order valence-electron chi connectivity index (χ2n) is 4.45. The van der Waals surface area contributed by atoms with E-state index < -0.39 is 0 Å². The van der Waals surface area contributed by atoms with Crippen molar-refractivity contribution in [2.45, 2.75) is 13.3 Å². The highest BCUT2D eigenvalue weighted by atomic mass is 16.2. The van der Waals surface area contributed by atoms with Crippen LogP contribution in [0.2, 0.25) is 0 Å². The minimum absolute atomic E-state index is 0.186. The molecule has 0 radical (unpaired) electrons. The Morgan fingerprint density at radius 3 is 2.18 bits per heavy atom. The van der Waals surface area contributed by atoms with Crippen LogP contribution in [-0.2, 0) is 0 Å². The Kier molecular flexibility index (Phi) is 3.24. The summed E-state index contributed by atoms with van der Waals surface area (Å²) in [5.74, 6) is -0.133. The molecule has 0 aliphatic carbocycles. The van der Waals surface area contributed by atoms with Crippen molar-refractivity contribution in [2.75, 3.05) is 13.1 Å². The molecule has 0 fully saturated rings. The van der Waals surface area contributed by atoms with Crippen LogP contribution in [0.5, 0.6) is 0 Å². The summed E-state index contributed by atoms with van der Waals surface area (Å²) in [5.41, 5.74) is 6.49. The fourth-order valence-corrected chi connectivity index (χ4v) is 2.09. The molecule has 0 bridgehead atoms. The van der Waals surface area contributed by atoms with Gasteiger partial charge in [-0.2, -0.15) is 0 Å². The van der Waals surface area contributed by atoms with Crippen LogP contribution in [0.1, 0.15) is 34.1 Å². The fourth-order valence-electron chi connectivity index (χ4n) is 2.09. The van der Waals surface area contributed by atoms with Crippen LogP contribution in [0.3, 0.4) is 0 Å². The van der Waals surface area contributed by atoms with E-state index in [2.05, 4.69) is 0 Å². The molecule has 4 heteroatoms. The van der Waals surface area contributed by atoms with Crippen molar-refractivity contribution in [1.29, 1.82) is 0 Å². The van der Waals surface area contributed by atoms with E-state index in [0.717, 1.165) is 6.42 Å². The van der Waals surface area contributed by atoms with Gasteiger partial charge in [0.15, 0.2) is 0 Å². The molecule has 0 saturated carbocycles. The van der Waals surface area contributed by atoms with Gasteiger partial charge in [0.1, 0.15) is 0 Å². The van der Waals surface area contributed by atoms with E-state index in [1.165, 1.54) is 4.90 Å². The third kappa shape index (κ3) is 2.08. The number of carbonyl (C=O) groups is 2. The average Bonchev–Trinajstić information content (AvgIpc) is 2.56. The highest BCUT2D eigenvalue weighted by Gasteiger charge is 2.35. The number of nitrogens with two attached hydrogens (primary N) is 1. The third-order valence-electron chi connectivity index (χ3n) is 3.03. The molecule has 2 amide bonds. The van der Waals surface area contributed by atoms with Crippen molar-refractivity contribution < 1.29 is 9.59 Å². The van der Waals surface area contributed by atoms with Crippen molar-refractivity contribution >= 4 is 11.8 Å². The second kappa shape index (κ2) is 4.67. The Bertz CT molecular complexity index is 421. The predicted octanol–water partition coefficient (Wildman–Crippen LogP) is 1.27. The summed E-state index contributed by atoms with van der Waals surface area (Å²) >= 11 is 0. The maximum atomic E-state index is 12.0. The summed E-state index contributed by atoms with van der Waals surface area (Å²) in [6, 6.07) is 6.94. The number of fused-ring (bicyclic) bond motifs is 1. The molecule has 4 nitrogen and oxygen atoms in total. The Hall–Kier alpha value is -1.68. The molecular weight excluding hydrogens is 216 g/mol. The standard InChI is InChI=1S/C13H16N2O2/c1-9(6-7-14)8-15-12(16)10-4-2-3-5-11(10)13(15)17/h2-5,9H,6-8,14H2,1H3. The number of hydrogen-bond donors (Lipinski definition) is 1. The topological polar surface area (TPSA) is 63.4 Å². The van der Waals surface area contributed by atoms with Crippen molar-refractivity contribution in [3.63, 3.8) is 0 Å². The molecule has 1 unspecified atom stereocenters. The number of amides is 2. The predicted molar refractivity (Wildman–Crippen MR) is 64.6 cm³/mol. The molecule has 2 N–H and O–H groups in total. The smallest absolute Gasteiger partial charge is 0.261 e. The van der Waals surface area contributed by atoms with Crippen LogP contribution >= 0.6 is 0 Å². The van der Waals surface area contributed by atoms with Crippen molar-refractivity contribution in [3.05, 3.63) is 35.4 Å². The van der Waals surface area contributed by atoms with Gasteiger partial charge in [-0.05, 0) is 31.0 Å². The fraction of sp³-hybridized carbons (Fsp3) is 0.385. The van der Waals surface area contributed by atoms with Crippen molar-refractivity contribution in [2.24, 2.45) is 11.7 Å². The first-order valence-corrected chi connectivity index (χ1v) is 5.80. The molecule has 1 aliphatic rings. The maximum Gasteiger partial charge on any atom is 0.261 e. The molecule has 0 spiro atoms. The first-order chi connectivity index (χ1) is 8.15. The van der Waals surface area contributed by atoms with E-state index >= 15 is 0 Å². The first kappa shape index (κ1) is 11.8. The summed E-state index contributed by atoms with van der Waals surface area (Å²) in [4.78, 5) is 25.4. The van der Waals surface area contributed by atoms with Gasteiger partial charge < -0.3 is 5.73 Å². The van der Waals surface area contributed by atoms with E-state index in [1.807, 2.05) is 6.92 Å². The normalized spacial score (nSPS) is 16.2. The van der Waals surface area contributed by atoms with Gasteiger partial charge in [-0.15, -0.1) is 0 Å². The lowest BCUT2D eigenvalue weighted by Crippen LogP contribution is -2.34. The number of nitrogens with zero attached hydrogens (tertiary/aromatic N) is 1. The van der Waals surface area contributed by atoms with Crippen LogP contribution in [0, 0.1) is 5.92 Å². The van der Waals surface area contributed by atoms with Gasteiger partial charge in [-0.3, -0.25) is 14.5 Å². The third-order valence-corrected chi connectivity index (χ3v) is 3.03. The quantitative estimate of drug-likeness (QED) is 0.795. The molecule has 2 rings (SSSR count). The summed E-state index contributed by atoms with van der Waals surface area (Å²) in [7, 11) is 0. The minimum Gasteiger partial charge on any atom is -0.330 e. The molecule has 1 aliphatic heterocycles. The van der Waals surface area contributed by atoms with Gasteiger partial charge in [-0.25, -0.2) is 0 Å². The van der Waals surface area contributed by atoms with Crippen LogP contribution in [0.15, 0.2) is 24.3 Å². The lowest BCUT2D eigenvalue weighted by molar-refractivity contribution is 0.0631. The number of benzene rings is 1. The number of hydrogen-bond acceptors (Lipinski definition) is 3. The molecular formula is C13H16N2O2. The van der Waals surface area contributed by atoms with E-state index in [9.17, 15) is 9.59 Å². The van der Waals surface area contributed by atoms with Crippen LogP contribution < -0.4 is 5.73 Å². The average molecular weight is 232 g/mol. The molecule has 1 atom stereocenters. The Morgan fingerprint density at radius 2 is 1.71 bits per heavy atom. The van der Waals surface area contributed by atoms with E-state index in [1.54, 1.807) is 24.3 Å². The molecule has 1 aromatic carbocycles. The molecule has 0 saturated heterocycles. The Balaban J connectivity index is 2.19. The van der Waals surface area contributed by atoms with Crippen LogP contribution in [-0.4, -0.2) is 29.8 Å². The van der Waals surface area contributed by atoms with Gasteiger partial charge in [0.25, 0.3) is 11.8 Å². The zero-order valence-corrected chi connectivity index (χ0v) is 9.85. The van der Waals surface area contributed by atoms with Gasteiger partial charge >= 0.3 is 0 Å². The Labute approximate surface area is 100 Å². The zero-order valence-electron chi connectivity index (χ0n) is 9.85. The SMILES string of the molecule is CC(CCN)CN1C(=O)c2ccccc2C1=O. The molecule has 90 valence electrons. The largest absolute Gasteiger partial charge is 0.330 e. The van der Waals surface area contributed by atoms with Crippen LogP contribution in [0.4, 0.5) is 0 Å². The molecule has 1 aromatic rings. The van der Waals surface area contributed by atoms with Crippen LogP contribution in [0.25, 0.3) is 0 Å². The summed E-state index contributed by atoms with van der Waals surface area (Å²) < 4.78 is 0. The summed E-state index contributed by atoms with van der Waals surface area (Å²) in [6.07, 6.45) is 0.813. The highest BCUT2D eigenvalue weighted by Crippen LogP contribution is 2.23. The summed E-state index contributed by atoms with van der Waals surface area (Å²) in [6.45, 7) is 3.02. The molecule has 0 aromatic heterocycles. The lowest BCUT2D eigenvalue weighted by Gasteiger charge is -2.18. The molecule has 17 heavy (non-hydrogen) atoms. The number of rotatable bonds is 4. The number of carbonyl (C=O) groups excluding carboxylic acids is 2. The van der Waals surface area contributed by atoms with Crippen molar-refractivity contribution in [1.82, 2.24) is 4.90 Å². The van der Waals surface area contributed by atoms with E-state index in [-0.39, 0.29) is 17.7 Å². The zero-order chi connectivity index (χ0) is 12.4. The van der Waals surface area contributed by atoms with Gasteiger partial charge in [0.05, 0.1) is 11.1 Å². The Morgan fingerprint density at radius 1 is 1.18 bits per heavy atom. The van der Waals surface area contributed by atoms with Gasteiger partial charge in [0.2, 0.25) is 0 Å². The first-order valence-electron chi connectivity index (χ1n) is 5.80. The monoisotopic (exact) mass is 232 g/mol. The second-order valence-corrected chi connectivity index (χ2v) is 4.45. The van der Waals surface area contributed by atoms with Gasteiger partial charge in [-0.1, -0.05) is 19.1 Å². The minimum atomic E-state index is -0.186. The lowest BCUT2D eigenvalue weighted by atomic mass is 10.1. The highest BCUT2D eigenvalue weighted by molar-refractivity contribution is 6.21. The number of imide groups is 1. The maximum absolute atomic E-state index is 12.0. The summed E-state index contributed by atoms with van der Waals surface area (Å²) in [5, 5.41) is 0. The van der Waals surface area contributed by atoms with E-state index in [0.29, 0.717) is 24.2 Å². The van der Waals surface area contributed by atoms with Crippen molar-refractivity contribution in [3.8, 4) is 0 Å². The van der Waals surface area contributed by atoms with E-state index in [4.69, 9.17) is 5.73 Å².